The van der Waals surface area contributed by atoms with Gasteiger partial charge in [0.1, 0.15) is 0 Å². The number of amides is 2. The zero-order chi connectivity index (χ0) is 16.3. The summed E-state index contributed by atoms with van der Waals surface area (Å²) >= 11 is 0. The summed E-state index contributed by atoms with van der Waals surface area (Å²) in [4.78, 5) is 18.2. The highest BCUT2D eigenvalue weighted by molar-refractivity contribution is 7.88. The predicted octanol–water partition coefficient (Wildman–Crippen LogP) is 0.256. The Labute approximate surface area is 130 Å². The fourth-order valence-electron chi connectivity index (χ4n) is 2.37. The number of aryl methyl sites for hydroxylation is 1. The summed E-state index contributed by atoms with van der Waals surface area (Å²) in [6, 6.07) is -0.0290. The fraction of sp³-hybridized carbons (Fsp3) is 0.692. The minimum Gasteiger partial charge on any atom is -0.336 e. The summed E-state index contributed by atoms with van der Waals surface area (Å²) in [6.45, 7) is 5.84. The Morgan fingerprint density at radius 2 is 2.14 bits per heavy atom. The van der Waals surface area contributed by atoms with Crippen LogP contribution in [0.25, 0.3) is 0 Å². The predicted molar refractivity (Wildman–Crippen MR) is 82.6 cm³/mol. The Hall–Kier alpha value is -1.61. The SMILES string of the molecule is CC(C)NC(=O)N1CCCn2cnc(CNS(C)(=O)=O)c2C1. The van der Waals surface area contributed by atoms with Crippen LogP contribution in [0.1, 0.15) is 31.7 Å². The second-order valence-electron chi connectivity index (χ2n) is 5.80. The number of imidazole rings is 1. The van der Waals surface area contributed by atoms with Crippen LogP contribution in [0.15, 0.2) is 6.33 Å². The number of urea groups is 1. The van der Waals surface area contributed by atoms with E-state index in [9.17, 15) is 13.2 Å². The molecule has 0 atom stereocenters. The number of nitrogens with zero attached hydrogens (tertiary/aromatic N) is 3. The standard InChI is InChI=1S/C13H23N5O3S/c1-10(2)16-13(19)17-5-4-6-18-9-14-11(12(18)8-17)7-15-22(3,20)21/h9-10,15H,4-8H2,1-3H3,(H,16,19). The van der Waals surface area contributed by atoms with E-state index in [4.69, 9.17) is 0 Å². The Kier molecular flexibility index (Phi) is 5.07. The van der Waals surface area contributed by atoms with Gasteiger partial charge in [0.15, 0.2) is 0 Å². The topological polar surface area (TPSA) is 96.3 Å². The van der Waals surface area contributed by atoms with E-state index in [0.717, 1.165) is 24.9 Å². The van der Waals surface area contributed by atoms with E-state index in [1.807, 2.05) is 18.4 Å². The van der Waals surface area contributed by atoms with Crippen molar-refractivity contribution in [1.29, 1.82) is 0 Å². The third kappa shape index (κ3) is 4.44. The van der Waals surface area contributed by atoms with Crippen LogP contribution in [0.3, 0.4) is 0 Å². The molecule has 0 radical (unpaired) electrons. The van der Waals surface area contributed by atoms with Crippen LogP contribution < -0.4 is 10.0 Å². The Balaban J connectivity index is 2.14. The van der Waals surface area contributed by atoms with Crippen molar-refractivity contribution >= 4 is 16.1 Å². The zero-order valence-corrected chi connectivity index (χ0v) is 14.0. The van der Waals surface area contributed by atoms with Gasteiger partial charge in [-0.2, -0.15) is 0 Å². The molecular weight excluding hydrogens is 306 g/mol. The minimum absolute atomic E-state index is 0.0760. The summed E-state index contributed by atoms with van der Waals surface area (Å²) in [5, 5.41) is 2.88. The molecule has 124 valence electrons. The van der Waals surface area contributed by atoms with E-state index < -0.39 is 10.0 Å². The lowest BCUT2D eigenvalue weighted by Crippen LogP contribution is -2.42. The Morgan fingerprint density at radius 3 is 2.77 bits per heavy atom. The van der Waals surface area contributed by atoms with Crippen molar-refractivity contribution in [3.05, 3.63) is 17.7 Å². The first kappa shape index (κ1) is 16.8. The van der Waals surface area contributed by atoms with Crippen molar-refractivity contribution < 1.29 is 13.2 Å². The molecule has 0 saturated heterocycles. The normalized spacial score (nSPS) is 15.5. The molecule has 0 aromatic carbocycles. The zero-order valence-electron chi connectivity index (χ0n) is 13.2. The number of nitrogens with one attached hydrogen (secondary N) is 2. The molecule has 2 amide bonds. The lowest BCUT2D eigenvalue weighted by molar-refractivity contribution is 0.193. The lowest BCUT2D eigenvalue weighted by atomic mass is 10.3. The van der Waals surface area contributed by atoms with Crippen molar-refractivity contribution in [3.63, 3.8) is 0 Å². The van der Waals surface area contributed by atoms with Gasteiger partial charge in [0.25, 0.3) is 0 Å². The first-order valence-corrected chi connectivity index (χ1v) is 9.18. The summed E-state index contributed by atoms with van der Waals surface area (Å²) in [6.07, 6.45) is 3.66. The lowest BCUT2D eigenvalue weighted by Gasteiger charge is -2.22. The van der Waals surface area contributed by atoms with Crippen LogP contribution in [0.5, 0.6) is 0 Å². The summed E-state index contributed by atoms with van der Waals surface area (Å²) in [7, 11) is -3.27. The average Bonchev–Trinajstić information content (AvgIpc) is 2.63. The molecular formula is C13H23N5O3S. The van der Waals surface area contributed by atoms with Gasteiger partial charge in [0.05, 0.1) is 37.1 Å². The second-order valence-corrected chi connectivity index (χ2v) is 7.64. The van der Waals surface area contributed by atoms with Gasteiger partial charge in [-0.3, -0.25) is 0 Å². The van der Waals surface area contributed by atoms with Crippen molar-refractivity contribution in [3.8, 4) is 0 Å². The third-order valence-electron chi connectivity index (χ3n) is 3.40. The fourth-order valence-corrected chi connectivity index (χ4v) is 2.77. The van der Waals surface area contributed by atoms with Crippen molar-refractivity contribution in [2.45, 2.75) is 45.9 Å². The number of carbonyl (C=O) groups is 1. The van der Waals surface area contributed by atoms with E-state index >= 15 is 0 Å². The third-order valence-corrected chi connectivity index (χ3v) is 4.07. The molecule has 2 heterocycles. The molecule has 1 aromatic rings. The molecule has 9 heteroatoms. The molecule has 2 N–H and O–H groups in total. The molecule has 8 nitrogen and oxygen atoms in total. The molecule has 0 fully saturated rings. The monoisotopic (exact) mass is 329 g/mol. The van der Waals surface area contributed by atoms with Gasteiger partial charge in [-0.25, -0.2) is 22.9 Å². The van der Waals surface area contributed by atoms with Crippen LogP contribution in [-0.4, -0.2) is 47.7 Å². The number of carbonyl (C=O) groups excluding carboxylic acids is 1. The number of hydrogen-bond acceptors (Lipinski definition) is 4. The van der Waals surface area contributed by atoms with Gasteiger partial charge in [-0.05, 0) is 20.3 Å². The van der Waals surface area contributed by atoms with Crippen LogP contribution in [-0.2, 0) is 29.7 Å². The van der Waals surface area contributed by atoms with Gasteiger partial charge >= 0.3 is 6.03 Å². The van der Waals surface area contributed by atoms with E-state index in [-0.39, 0.29) is 18.6 Å². The van der Waals surface area contributed by atoms with E-state index in [0.29, 0.717) is 18.8 Å². The first-order chi connectivity index (χ1) is 10.3. The Bertz CT molecular complexity index is 638. The van der Waals surface area contributed by atoms with Gasteiger partial charge in [0.2, 0.25) is 10.0 Å². The number of rotatable bonds is 4. The van der Waals surface area contributed by atoms with Gasteiger partial charge in [-0.1, -0.05) is 0 Å². The summed E-state index contributed by atoms with van der Waals surface area (Å²) in [5.74, 6) is 0. The molecule has 1 aromatic heterocycles. The first-order valence-electron chi connectivity index (χ1n) is 7.29. The van der Waals surface area contributed by atoms with Crippen molar-refractivity contribution in [2.75, 3.05) is 12.8 Å². The van der Waals surface area contributed by atoms with Crippen molar-refractivity contribution in [1.82, 2.24) is 24.5 Å². The van der Waals surface area contributed by atoms with Gasteiger partial charge < -0.3 is 14.8 Å². The average molecular weight is 329 g/mol. The molecule has 22 heavy (non-hydrogen) atoms. The molecule has 1 aliphatic heterocycles. The largest absolute Gasteiger partial charge is 0.336 e. The highest BCUT2D eigenvalue weighted by Crippen LogP contribution is 2.16. The van der Waals surface area contributed by atoms with E-state index in [2.05, 4.69) is 15.0 Å². The second kappa shape index (κ2) is 6.66. The van der Waals surface area contributed by atoms with Gasteiger partial charge in [0, 0.05) is 19.1 Å². The maximum atomic E-state index is 12.2. The highest BCUT2D eigenvalue weighted by Gasteiger charge is 2.22. The molecule has 2 rings (SSSR count). The van der Waals surface area contributed by atoms with Crippen LogP contribution >= 0.6 is 0 Å². The highest BCUT2D eigenvalue weighted by atomic mass is 32.2. The molecule has 0 saturated carbocycles. The maximum absolute atomic E-state index is 12.2. The molecule has 0 unspecified atom stereocenters. The van der Waals surface area contributed by atoms with Crippen LogP contribution in [0, 0.1) is 0 Å². The van der Waals surface area contributed by atoms with E-state index in [1.54, 1.807) is 11.2 Å². The smallest absolute Gasteiger partial charge is 0.317 e. The van der Waals surface area contributed by atoms with Crippen molar-refractivity contribution in [2.24, 2.45) is 0 Å². The molecule has 0 bridgehead atoms. The Morgan fingerprint density at radius 1 is 1.41 bits per heavy atom. The summed E-state index contributed by atoms with van der Waals surface area (Å²) < 4.78 is 26.9. The number of aromatic nitrogens is 2. The van der Waals surface area contributed by atoms with Gasteiger partial charge in [-0.15, -0.1) is 0 Å². The van der Waals surface area contributed by atoms with Crippen LogP contribution in [0.2, 0.25) is 0 Å². The van der Waals surface area contributed by atoms with Crippen LogP contribution in [0.4, 0.5) is 4.79 Å². The minimum atomic E-state index is -3.27. The number of sulfonamides is 1. The molecule has 0 aliphatic carbocycles. The number of fused-ring (bicyclic) bond motifs is 1. The summed E-state index contributed by atoms with van der Waals surface area (Å²) in [5.41, 5.74) is 1.54. The number of hydrogen-bond donors (Lipinski definition) is 2. The quantitative estimate of drug-likeness (QED) is 0.828. The molecule has 1 aliphatic rings. The maximum Gasteiger partial charge on any atom is 0.317 e. The molecule has 0 spiro atoms. The van der Waals surface area contributed by atoms with E-state index in [1.165, 1.54) is 0 Å².